The molecule has 2 atom stereocenters. The lowest BCUT2D eigenvalue weighted by Crippen LogP contribution is -3.14. The summed E-state index contributed by atoms with van der Waals surface area (Å²) in [4.78, 5) is 13.0. The summed E-state index contributed by atoms with van der Waals surface area (Å²) in [5.74, 6) is 0.711. The van der Waals surface area contributed by atoms with Crippen LogP contribution in [-0.2, 0) is 11.2 Å². The maximum absolute atomic E-state index is 11.4. The quantitative estimate of drug-likeness (QED) is 0.793. The highest BCUT2D eigenvalue weighted by atomic mass is 16.1. The van der Waals surface area contributed by atoms with Gasteiger partial charge in [-0.1, -0.05) is 37.3 Å². The number of ketones is 1. The molecule has 0 amide bonds. The fraction of sp³-hybridized carbons (Fsp3) is 0.500. The van der Waals surface area contributed by atoms with E-state index in [1.54, 1.807) is 4.90 Å². The van der Waals surface area contributed by atoms with Gasteiger partial charge in [0.1, 0.15) is 5.78 Å². The lowest BCUT2D eigenvalue weighted by Gasteiger charge is -2.26. The zero-order valence-corrected chi connectivity index (χ0v) is 9.91. The van der Waals surface area contributed by atoms with Crippen LogP contribution >= 0.6 is 0 Å². The number of hydrogen-bond acceptors (Lipinski definition) is 1. The van der Waals surface area contributed by atoms with E-state index in [0.717, 1.165) is 32.5 Å². The molecule has 1 heterocycles. The van der Waals surface area contributed by atoms with Crippen molar-refractivity contribution >= 4 is 5.78 Å². The van der Waals surface area contributed by atoms with E-state index < -0.39 is 0 Å². The van der Waals surface area contributed by atoms with Gasteiger partial charge in [-0.2, -0.15) is 0 Å². The van der Waals surface area contributed by atoms with Gasteiger partial charge in [0, 0.05) is 6.42 Å². The van der Waals surface area contributed by atoms with E-state index in [4.69, 9.17) is 0 Å². The maximum Gasteiger partial charge on any atom is 0.146 e. The molecule has 1 unspecified atom stereocenters. The molecule has 0 spiro atoms. The molecule has 0 aromatic heterocycles. The van der Waals surface area contributed by atoms with E-state index in [1.165, 1.54) is 5.56 Å². The molecule has 0 radical (unpaired) electrons. The van der Waals surface area contributed by atoms with Gasteiger partial charge in [0.25, 0.3) is 0 Å². The predicted molar refractivity (Wildman–Crippen MR) is 64.5 cm³/mol. The standard InChI is InChI=1S/C14H19NO/c1-12-11-15(10-8-14(12)16)9-7-13-5-3-2-4-6-13/h2-6,12H,7-11H2,1H3/p+1/t12-/m0/s1. The molecule has 1 aliphatic heterocycles. The Hall–Kier alpha value is -1.15. The van der Waals surface area contributed by atoms with Crippen LogP contribution in [0.5, 0.6) is 0 Å². The minimum atomic E-state index is 0.263. The largest absolute Gasteiger partial charge is 0.334 e. The average Bonchev–Trinajstić information content (AvgIpc) is 2.32. The number of carbonyl (C=O) groups excluding carboxylic acids is 1. The van der Waals surface area contributed by atoms with Crippen molar-refractivity contribution in [3.63, 3.8) is 0 Å². The summed E-state index contributed by atoms with van der Waals surface area (Å²) in [5, 5.41) is 0. The van der Waals surface area contributed by atoms with Gasteiger partial charge < -0.3 is 4.90 Å². The molecule has 1 fully saturated rings. The molecule has 0 aliphatic carbocycles. The van der Waals surface area contributed by atoms with Crippen molar-refractivity contribution in [2.75, 3.05) is 19.6 Å². The lowest BCUT2D eigenvalue weighted by atomic mass is 9.98. The van der Waals surface area contributed by atoms with Gasteiger partial charge in [-0.15, -0.1) is 0 Å². The van der Waals surface area contributed by atoms with Crippen molar-refractivity contribution in [2.24, 2.45) is 5.92 Å². The topological polar surface area (TPSA) is 21.5 Å². The molecule has 1 aliphatic rings. The number of piperidine rings is 1. The Morgan fingerprint density at radius 2 is 2.06 bits per heavy atom. The summed E-state index contributed by atoms with van der Waals surface area (Å²) >= 11 is 0. The molecular weight excluding hydrogens is 198 g/mol. The van der Waals surface area contributed by atoms with Crippen LogP contribution in [0.4, 0.5) is 0 Å². The first-order valence-electron chi connectivity index (χ1n) is 6.16. The van der Waals surface area contributed by atoms with Gasteiger partial charge in [-0.05, 0) is 5.56 Å². The monoisotopic (exact) mass is 218 g/mol. The van der Waals surface area contributed by atoms with Crippen molar-refractivity contribution in [3.05, 3.63) is 35.9 Å². The van der Waals surface area contributed by atoms with Crippen LogP contribution in [0.25, 0.3) is 0 Å². The van der Waals surface area contributed by atoms with E-state index >= 15 is 0 Å². The molecular formula is C14H20NO+. The van der Waals surface area contributed by atoms with Crippen LogP contribution in [0.2, 0.25) is 0 Å². The number of likely N-dealkylation sites (tertiary alicyclic amines) is 1. The summed E-state index contributed by atoms with van der Waals surface area (Å²) in [6, 6.07) is 10.6. The molecule has 1 N–H and O–H groups in total. The van der Waals surface area contributed by atoms with Gasteiger partial charge >= 0.3 is 0 Å². The minimum absolute atomic E-state index is 0.263. The second-order valence-corrected chi connectivity index (χ2v) is 4.81. The second kappa shape index (κ2) is 5.26. The molecule has 2 rings (SSSR count). The molecule has 0 saturated carbocycles. The van der Waals surface area contributed by atoms with Crippen LogP contribution in [0.3, 0.4) is 0 Å². The van der Waals surface area contributed by atoms with Crippen molar-refractivity contribution in [2.45, 2.75) is 19.8 Å². The van der Waals surface area contributed by atoms with Crippen molar-refractivity contribution in [1.29, 1.82) is 0 Å². The zero-order valence-electron chi connectivity index (χ0n) is 9.91. The van der Waals surface area contributed by atoms with Crippen LogP contribution in [-0.4, -0.2) is 25.4 Å². The van der Waals surface area contributed by atoms with Gasteiger partial charge in [-0.25, -0.2) is 0 Å². The second-order valence-electron chi connectivity index (χ2n) is 4.81. The summed E-state index contributed by atoms with van der Waals surface area (Å²) in [6.07, 6.45) is 1.89. The zero-order chi connectivity index (χ0) is 11.4. The normalized spacial score (nSPS) is 25.7. The number of nitrogens with one attached hydrogen (secondary N) is 1. The molecule has 2 heteroatoms. The number of carbonyl (C=O) groups is 1. The maximum atomic E-state index is 11.4. The van der Waals surface area contributed by atoms with Crippen LogP contribution in [0.1, 0.15) is 18.9 Å². The molecule has 86 valence electrons. The molecule has 1 aromatic carbocycles. The first-order valence-corrected chi connectivity index (χ1v) is 6.16. The summed E-state index contributed by atoms with van der Waals surface area (Å²) in [7, 11) is 0. The van der Waals surface area contributed by atoms with Gasteiger partial charge in [0.15, 0.2) is 0 Å². The Balaban J connectivity index is 1.81. The Kier molecular flexibility index (Phi) is 3.73. The Bertz CT molecular complexity index is 347. The molecule has 0 bridgehead atoms. The first-order chi connectivity index (χ1) is 7.75. The summed E-state index contributed by atoms with van der Waals surface area (Å²) in [5.41, 5.74) is 1.40. The average molecular weight is 218 g/mol. The number of quaternary nitrogens is 1. The lowest BCUT2D eigenvalue weighted by molar-refractivity contribution is -0.904. The van der Waals surface area contributed by atoms with Crippen LogP contribution < -0.4 is 4.90 Å². The molecule has 2 nitrogen and oxygen atoms in total. The third-order valence-corrected chi connectivity index (χ3v) is 3.48. The van der Waals surface area contributed by atoms with Crippen molar-refractivity contribution < 1.29 is 9.69 Å². The third-order valence-electron chi connectivity index (χ3n) is 3.48. The predicted octanol–water partition coefficient (Wildman–Crippen LogP) is 0.723. The van der Waals surface area contributed by atoms with E-state index in [1.807, 2.05) is 0 Å². The van der Waals surface area contributed by atoms with Gasteiger partial charge in [0.2, 0.25) is 0 Å². The molecule has 16 heavy (non-hydrogen) atoms. The Morgan fingerprint density at radius 3 is 2.75 bits per heavy atom. The molecule has 1 saturated heterocycles. The SMILES string of the molecule is C[C@H]1C[NH+](CCc2ccccc2)CCC1=O. The number of hydrogen-bond donors (Lipinski definition) is 1. The van der Waals surface area contributed by atoms with Gasteiger partial charge in [0.05, 0.1) is 32.0 Å². The van der Waals surface area contributed by atoms with E-state index in [0.29, 0.717) is 5.78 Å². The Labute approximate surface area is 97.3 Å². The van der Waals surface area contributed by atoms with Crippen LogP contribution in [0, 0.1) is 5.92 Å². The van der Waals surface area contributed by atoms with E-state index in [9.17, 15) is 4.79 Å². The first kappa shape index (κ1) is 11.3. The van der Waals surface area contributed by atoms with E-state index in [-0.39, 0.29) is 5.92 Å². The number of rotatable bonds is 3. The number of benzene rings is 1. The van der Waals surface area contributed by atoms with Crippen molar-refractivity contribution in [1.82, 2.24) is 0 Å². The number of Topliss-reactive ketones (excluding diaryl/α,β-unsaturated/α-hetero) is 1. The van der Waals surface area contributed by atoms with Crippen molar-refractivity contribution in [3.8, 4) is 0 Å². The van der Waals surface area contributed by atoms with Crippen LogP contribution in [0.15, 0.2) is 30.3 Å². The highest BCUT2D eigenvalue weighted by molar-refractivity contribution is 5.81. The minimum Gasteiger partial charge on any atom is -0.334 e. The smallest absolute Gasteiger partial charge is 0.146 e. The highest BCUT2D eigenvalue weighted by Gasteiger charge is 2.25. The third kappa shape index (κ3) is 2.92. The summed E-state index contributed by atoms with van der Waals surface area (Å²) < 4.78 is 0. The summed E-state index contributed by atoms with van der Waals surface area (Å²) in [6.45, 7) is 5.26. The highest BCUT2D eigenvalue weighted by Crippen LogP contribution is 2.01. The fourth-order valence-electron chi connectivity index (χ4n) is 2.39. The Morgan fingerprint density at radius 1 is 1.31 bits per heavy atom. The fourth-order valence-corrected chi connectivity index (χ4v) is 2.39. The van der Waals surface area contributed by atoms with E-state index in [2.05, 4.69) is 37.3 Å². The van der Waals surface area contributed by atoms with Gasteiger partial charge in [-0.3, -0.25) is 4.79 Å². The molecule has 1 aromatic rings.